The first-order chi connectivity index (χ1) is 14.5. The molecule has 6 nitrogen and oxygen atoms in total. The summed E-state index contributed by atoms with van der Waals surface area (Å²) in [6.45, 7) is 4.98. The molecule has 30 heavy (non-hydrogen) atoms. The minimum atomic E-state index is -3.78. The molecule has 0 bridgehead atoms. The van der Waals surface area contributed by atoms with Gasteiger partial charge in [-0.1, -0.05) is 37.3 Å². The highest BCUT2D eigenvalue weighted by Gasteiger charge is 2.22. The molecule has 0 saturated carbocycles. The molecule has 162 valence electrons. The van der Waals surface area contributed by atoms with E-state index in [1.807, 2.05) is 49.4 Å². The number of sulfonamides is 1. The zero-order valence-corrected chi connectivity index (χ0v) is 18.4. The van der Waals surface area contributed by atoms with Gasteiger partial charge in [-0.3, -0.25) is 9.52 Å². The molecule has 0 atom stereocenters. The summed E-state index contributed by atoms with van der Waals surface area (Å²) in [5.74, 6) is -0.952. The Bertz CT molecular complexity index is 908. The highest BCUT2D eigenvalue weighted by molar-refractivity contribution is 7.93. The lowest BCUT2D eigenvalue weighted by Crippen LogP contribution is -2.37. The molecule has 0 radical (unpaired) electrons. The molecule has 0 spiro atoms. The van der Waals surface area contributed by atoms with Crippen LogP contribution in [0.15, 0.2) is 54.6 Å². The molecule has 1 aliphatic rings. The zero-order valence-electron chi connectivity index (χ0n) is 17.6. The summed E-state index contributed by atoms with van der Waals surface area (Å²) < 4.78 is 27.7. The van der Waals surface area contributed by atoms with Crippen molar-refractivity contribution in [2.24, 2.45) is 0 Å². The largest absolute Gasteiger partial charge is 0.372 e. The number of anilines is 2. The molecule has 1 aliphatic heterocycles. The van der Waals surface area contributed by atoms with Gasteiger partial charge in [-0.2, -0.15) is 0 Å². The predicted octanol–water partition coefficient (Wildman–Crippen LogP) is 3.86. The van der Waals surface area contributed by atoms with E-state index in [9.17, 15) is 13.2 Å². The van der Waals surface area contributed by atoms with Crippen LogP contribution in [0.2, 0.25) is 0 Å². The van der Waals surface area contributed by atoms with Crippen molar-refractivity contribution in [3.63, 3.8) is 0 Å². The molecule has 0 unspecified atom stereocenters. The summed E-state index contributed by atoms with van der Waals surface area (Å²) in [5.41, 5.74) is 2.57. The second-order valence-corrected chi connectivity index (χ2v) is 9.48. The molecule has 1 heterocycles. The van der Waals surface area contributed by atoms with Crippen molar-refractivity contribution in [1.82, 2.24) is 4.90 Å². The zero-order chi connectivity index (χ0) is 21.4. The Morgan fingerprint density at radius 2 is 1.67 bits per heavy atom. The van der Waals surface area contributed by atoms with E-state index in [0.717, 1.165) is 30.8 Å². The first-order valence-corrected chi connectivity index (χ1v) is 12.3. The second-order valence-electron chi connectivity index (χ2n) is 7.76. The Kier molecular flexibility index (Phi) is 7.74. The number of nitrogens with zero attached hydrogens (tertiary/aromatic N) is 2. The maximum absolute atomic E-state index is 12.7. The van der Waals surface area contributed by atoms with Gasteiger partial charge in [0.15, 0.2) is 0 Å². The van der Waals surface area contributed by atoms with Crippen LogP contribution in [0.5, 0.6) is 0 Å². The molecule has 0 aromatic heterocycles. The van der Waals surface area contributed by atoms with Crippen LogP contribution in [-0.2, 0) is 21.4 Å². The number of carbonyl (C=O) groups excluding carboxylic acids is 1. The van der Waals surface area contributed by atoms with Crippen LogP contribution in [-0.4, -0.2) is 44.6 Å². The van der Waals surface area contributed by atoms with Crippen molar-refractivity contribution in [2.45, 2.75) is 39.2 Å². The van der Waals surface area contributed by atoms with Gasteiger partial charge < -0.3 is 9.80 Å². The van der Waals surface area contributed by atoms with Crippen LogP contribution in [0, 0.1) is 0 Å². The molecule has 2 aromatic carbocycles. The lowest BCUT2D eigenvalue weighted by Gasteiger charge is -2.28. The average Bonchev–Trinajstić information content (AvgIpc) is 2.75. The van der Waals surface area contributed by atoms with Gasteiger partial charge in [0, 0.05) is 37.6 Å². The van der Waals surface area contributed by atoms with Crippen molar-refractivity contribution < 1.29 is 13.2 Å². The molecule has 1 saturated heterocycles. The van der Waals surface area contributed by atoms with Crippen LogP contribution in [0.4, 0.5) is 11.4 Å². The maximum atomic E-state index is 12.7. The van der Waals surface area contributed by atoms with Gasteiger partial charge in [0.05, 0.1) is 0 Å². The third-order valence-electron chi connectivity index (χ3n) is 5.24. The summed E-state index contributed by atoms with van der Waals surface area (Å²) in [4.78, 5) is 16.6. The normalized spacial score (nSPS) is 14.4. The van der Waals surface area contributed by atoms with E-state index >= 15 is 0 Å². The number of rotatable bonds is 9. The fraction of sp³-hybridized carbons (Fsp3) is 0.435. The van der Waals surface area contributed by atoms with Crippen LogP contribution in [0.1, 0.15) is 38.2 Å². The highest BCUT2D eigenvalue weighted by Crippen LogP contribution is 2.22. The van der Waals surface area contributed by atoms with Gasteiger partial charge in [-0.15, -0.1) is 0 Å². The fourth-order valence-corrected chi connectivity index (χ4v) is 4.80. The van der Waals surface area contributed by atoms with E-state index in [-0.39, 0.29) is 0 Å². The van der Waals surface area contributed by atoms with E-state index in [4.69, 9.17) is 0 Å². The van der Waals surface area contributed by atoms with Gasteiger partial charge in [0.1, 0.15) is 5.75 Å². The van der Waals surface area contributed by atoms with E-state index in [2.05, 4.69) is 9.62 Å². The summed E-state index contributed by atoms with van der Waals surface area (Å²) in [6, 6.07) is 17.0. The SMILES string of the molecule is CCCN(Cc1ccccc1)C(=O)CS(=O)(=O)Nc1ccc(N2CCCCC2)cc1. The minimum absolute atomic E-state index is 0.391. The van der Waals surface area contributed by atoms with E-state index in [1.165, 1.54) is 19.3 Å². The first kappa shape index (κ1) is 22.2. The predicted molar refractivity (Wildman–Crippen MR) is 122 cm³/mol. The van der Waals surface area contributed by atoms with Crippen molar-refractivity contribution in [3.8, 4) is 0 Å². The lowest BCUT2D eigenvalue weighted by atomic mass is 10.1. The second kappa shape index (κ2) is 10.5. The van der Waals surface area contributed by atoms with Gasteiger partial charge in [-0.25, -0.2) is 8.42 Å². The van der Waals surface area contributed by atoms with E-state index in [1.54, 1.807) is 17.0 Å². The Labute approximate surface area is 179 Å². The molecule has 1 amide bonds. The number of hydrogen-bond donors (Lipinski definition) is 1. The summed E-state index contributed by atoms with van der Waals surface area (Å²) >= 11 is 0. The monoisotopic (exact) mass is 429 g/mol. The molecule has 1 N–H and O–H groups in total. The third-order valence-corrected chi connectivity index (χ3v) is 6.41. The number of benzene rings is 2. The molecule has 7 heteroatoms. The van der Waals surface area contributed by atoms with Crippen LogP contribution in [0.25, 0.3) is 0 Å². The molecule has 2 aromatic rings. The van der Waals surface area contributed by atoms with Gasteiger partial charge in [0.2, 0.25) is 15.9 Å². The fourth-order valence-electron chi connectivity index (χ4n) is 3.73. The smallest absolute Gasteiger partial charge is 0.241 e. The number of hydrogen-bond acceptors (Lipinski definition) is 4. The number of carbonyl (C=O) groups is 1. The molecule has 1 fully saturated rings. The average molecular weight is 430 g/mol. The standard InChI is InChI=1S/C23H31N3O3S/c1-2-15-26(18-20-9-5-3-6-10-20)23(27)19-30(28,29)24-21-11-13-22(14-12-21)25-16-7-4-8-17-25/h3,5-6,9-14,24H,2,4,7-8,15-19H2,1H3. The Morgan fingerprint density at radius 1 is 1.00 bits per heavy atom. The van der Waals surface area contributed by atoms with E-state index < -0.39 is 21.7 Å². The van der Waals surface area contributed by atoms with Crippen LogP contribution < -0.4 is 9.62 Å². The summed E-state index contributed by atoms with van der Waals surface area (Å²) in [5, 5.41) is 0. The third kappa shape index (κ3) is 6.49. The number of piperidine rings is 1. The van der Waals surface area contributed by atoms with Crippen molar-refractivity contribution in [2.75, 3.05) is 35.0 Å². The van der Waals surface area contributed by atoms with Gasteiger partial charge in [-0.05, 0) is 55.5 Å². The molecule has 3 rings (SSSR count). The quantitative estimate of drug-likeness (QED) is 0.657. The topological polar surface area (TPSA) is 69.7 Å². The Balaban J connectivity index is 1.60. The van der Waals surface area contributed by atoms with Crippen LogP contribution in [0.3, 0.4) is 0 Å². The lowest BCUT2D eigenvalue weighted by molar-refractivity contribution is -0.129. The number of nitrogens with one attached hydrogen (secondary N) is 1. The van der Waals surface area contributed by atoms with Crippen molar-refractivity contribution in [1.29, 1.82) is 0 Å². The highest BCUT2D eigenvalue weighted by atomic mass is 32.2. The molecular formula is C23H31N3O3S. The maximum Gasteiger partial charge on any atom is 0.241 e. The van der Waals surface area contributed by atoms with Crippen molar-refractivity contribution >= 4 is 27.3 Å². The first-order valence-electron chi connectivity index (χ1n) is 10.6. The van der Waals surface area contributed by atoms with Crippen LogP contribution >= 0.6 is 0 Å². The minimum Gasteiger partial charge on any atom is -0.372 e. The molecular weight excluding hydrogens is 398 g/mol. The Hall–Kier alpha value is -2.54. The summed E-state index contributed by atoms with van der Waals surface area (Å²) in [6.07, 6.45) is 4.41. The van der Waals surface area contributed by atoms with Gasteiger partial charge in [0.25, 0.3) is 0 Å². The number of amides is 1. The Morgan fingerprint density at radius 3 is 2.30 bits per heavy atom. The molecule has 0 aliphatic carbocycles. The van der Waals surface area contributed by atoms with Gasteiger partial charge >= 0.3 is 0 Å². The summed E-state index contributed by atoms with van der Waals surface area (Å²) in [7, 11) is -3.78. The van der Waals surface area contributed by atoms with Crippen molar-refractivity contribution in [3.05, 3.63) is 60.2 Å². The van der Waals surface area contributed by atoms with E-state index in [0.29, 0.717) is 18.8 Å².